The first-order chi connectivity index (χ1) is 13.7. The highest BCUT2D eigenvalue weighted by molar-refractivity contribution is 5.56. The van der Waals surface area contributed by atoms with E-state index in [1.807, 2.05) is 43.3 Å². The molecule has 0 fully saturated rings. The van der Waals surface area contributed by atoms with Gasteiger partial charge in [-0.1, -0.05) is 5.10 Å². The highest BCUT2D eigenvalue weighted by atomic mass is 16.5. The van der Waals surface area contributed by atoms with Gasteiger partial charge >= 0.3 is 6.01 Å². The van der Waals surface area contributed by atoms with Crippen LogP contribution in [-0.2, 0) is 6.54 Å². The zero-order valence-corrected chi connectivity index (χ0v) is 16.3. The monoisotopic (exact) mass is 385 g/mol. The van der Waals surface area contributed by atoms with Crippen molar-refractivity contribution in [2.45, 2.75) is 13.5 Å². The lowest BCUT2D eigenvalue weighted by molar-refractivity contribution is 0.324. The first-order valence-electron chi connectivity index (χ1n) is 8.78. The summed E-state index contributed by atoms with van der Waals surface area (Å²) in [5.41, 5.74) is 1.73. The fourth-order valence-corrected chi connectivity index (χ4v) is 2.69. The van der Waals surface area contributed by atoms with E-state index < -0.39 is 0 Å². The lowest BCUT2D eigenvalue weighted by Gasteiger charge is -2.14. The second-order valence-electron chi connectivity index (χ2n) is 5.76. The summed E-state index contributed by atoms with van der Waals surface area (Å²) >= 11 is 0. The molecule has 0 radical (unpaired) electrons. The Hall–Kier alpha value is -3.42. The van der Waals surface area contributed by atoms with Crippen LogP contribution >= 0.6 is 0 Å². The van der Waals surface area contributed by atoms with Crippen molar-refractivity contribution in [1.29, 1.82) is 0 Å². The van der Waals surface area contributed by atoms with E-state index >= 15 is 0 Å². The van der Waals surface area contributed by atoms with Crippen LogP contribution in [0.4, 0.5) is 6.01 Å². The normalized spacial score (nSPS) is 10.4. The number of benzene rings is 2. The van der Waals surface area contributed by atoms with Gasteiger partial charge < -0.3 is 28.7 Å². The van der Waals surface area contributed by atoms with E-state index in [9.17, 15) is 0 Å². The topological polar surface area (TPSA) is 87.9 Å². The summed E-state index contributed by atoms with van der Waals surface area (Å²) in [4.78, 5) is 0. The summed E-state index contributed by atoms with van der Waals surface area (Å²) in [6.07, 6.45) is 0. The molecular formula is C20H23N3O5. The molecule has 1 N–H and O–H groups in total. The molecule has 148 valence electrons. The van der Waals surface area contributed by atoms with Gasteiger partial charge in [0.25, 0.3) is 0 Å². The Balaban J connectivity index is 1.70. The number of aromatic nitrogens is 2. The molecular weight excluding hydrogens is 362 g/mol. The lowest BCUT2D eigenvalue weighted by Crippen LogP contribution is -2.02. The maximum absolute atomic E-state index is 5.69. The Morgan fingerprint density at radius 2 is 1.61 bits per heavy atom. The number of rotatable bonds is 9. The predicted octanol–water partition coefficient (Wildman–Crippen LogP) is 3.77. The van der Waals surface area contributed by atoms with E-state index in [0.717, 1.165) is 16.9 Å². The Bertz CT molecular complexity index is 883. The van der Waals surface area contributed by atoms with Gasteiger partial charge in [-0.15, -0.1) is 5.10 Å². The number of ether oxygens (including phenoxy) is 4. The van der Waals surface area contributed by atoms with Crippen molar-refractivity contribution in [3.05, 3.63) is 42.0 Å². The molecule has 0 bridgehead atoms. The second kappa shape index (κ2) is 8.98. The summed E-state index contributed by atoms with van der Waals surface area (Å²) in [5.74, 6) is 2.93. The molecule has 0 amide bonds. The third-order valence-electron chi connectivity index (χ3n) is 4.01. The quantitative estimate of drug-likeness (QED) is 0.595. The van der Waals surface area contributed by atoms with Gasteiger partial charge in [-0.05, 0) is 48.9 Å². The number of methoxy groups -OCH3 is 3. The number of nitrogens with one attached hydrogen (secondary N) is 1. The predicted molar refractivity (Wildman–Crippen MR) is 104 cm³/mol. The minimum atomic E-state index is 0.317. The van der Waals surface area contributed by atoms with E-state index in [1.54, 1.807) is 21.3 Å². The SMILES string of the molecule is CCOc1ccc(-c2nnc(NCc3cc(OC)c(OC)c(OC)c3)o2)cc1. The van der Waals surface area contributed by atoms with Crippen molar-refractivity contribution in [3.8, 4) is 34.5 Å². The molecule has 2 aromatic carbocycles. The van der Waals surface area contributed by atoms with Gasteiger partial charge in [-0.25, -0.2) is 0 Å². The van der Waals surface area contributed by atoms with Crippen molar-refractivity contribution in [3.63, 3.8) is 0 Å². The average Bonchev–Trinajstić information content (AvgIpc) is 3.21. The number of hydrogen-bond donors (Lipinski definition) is 1. The van der Waals surface area contributed by atoms with Gasteiger partial charge in [0.2, 0.25) is 11.6 Å². The van der Waals surface area contributed by atoms with Crippen molar-refractivity contribution in [2.24, 2.45) is 0 Å². The summed E-state index contributed by atoms with van der Waals surface area (Å²) in [6, 6.07) is 11.5. The maximum Gasteiger partial charge on any atom is 0.316 e. The van der Waals surface area contributed by atoms with Gasteiger partial charge in [-0.3, -0.25) is 0 Å². The van der Waals surface area contributed by atoms with Crippen LogP contribution in [0.15, 0.2) is 40.8 Å². The molecule has 3 aromatic rings. The molecule has 0 unspecified atom stereocenters. The van der Waals surface area contributed by atoms with Gasteiger partial charge in [-0.2, -0.15) is 0 Å². The summed E-state index contributed by atoms with van der Waals surface area (Å²) in [6.45, 7) is 3.01. The van der Waals surface area contributed by atoms with Crippen LogP contribution in [0.5, 0.6) is 23.0 Å². The zero-order valence-electron chi connectivity index (χ0n) is 16.3. The Kier molecular flexibility index (Phi) is 6.21. The lowest BCUT2D eigenvalue weighted by atomic mass is 10.2. The minimum Gasteiger partial charge on any atom is -0.494 e. The zero-order chi connectivity index (χ0) is 19.9. The highest BCUT2D eigenvalue weighted by Crippen LogP contribution is 2.38. The van der Waals surface area contributed by atoms with Gasteiger partial charge in [0.05, 0.1) is 27.9 Å². The third kappa shape index (κ3) is 4.28. The largest absolute Gasteiger partial charge is 0.494 e. The van der Waals surface area contributed by atoms with Crippen LogP contribution in [0.1, 0.15) is 12.5 Å². The van der Waals surface area contributed by atoms with E-state index in [0.29, 0.717) is 42.3 Å². The fraction of sp³-hybridized carbons (Fsp3) is 0.300. The minimum absolute atomic E-state index is 0.317. The van der Waals surface area contributed by atoms with E-state index in [4.69, 9.17) is 23.4 Å². The van der Waals surface area contributed by atoms with E-state index in [2.05, 4.69) is 15.5 Å². The van der Waals surface area contributed by atoms with Crippen LogP contribution in [0, 0.1) is 0 Å². The Morgan fingerprint density at radius 3 is 2.18 bits per heavy atom. The molecule has 1 heterocycles. The molecule has 8 heteroatoms. The Morgan fingerprint density at radius 1 is 0.929 bits per heavy atom. The molecule has 0 aliphatic heterocycles. The summed E-state index contributed by atoms with van der Waals surface area (Å²) < 4.78 is 27.2. The van der Waals surface area contributed by atoms with Gasteiger partial charge in [0, 0.05) is 12.1 Å². The van der Waals surface area contributed by atoms with Crippen LogP contribution in [-0.4, -0.2) is 38.1 Å². The molecule has 0 aliphatic rings. The fourth-order valence-electron chi connectivity index (χ4n) is 2.69. The smallest absolute Gasteiger partial charge is 0.316 e. The van der Waals surface area contributed by atoms with Gasteiger partial charge in [0.1, 0.15) is 5.75 Å². The van der Waals surface area contributed by atoms with E-state index in [-0.39, 0.29) is 0 Å². The van der Waals surface area contributed by atoms with E-state index in [1.165, 1.54) is 0 Å². The molecule has 0 saturated carbocycles. The molecule has 0 atom stereocenters. The molecule has 3 rings (SSSR count). The molecule has 0 spiro atoms. The molecule has 0 aliphatic carbocycles. The van der Waals surface area contributed by atoms with Crippen molar-refractivity contribution < 1.29 is 23.4 Å². The third-order valence-corrected chi connectivity index (χ3v) is 4.01. The summed E-state index contributed by atoms with van der Waals surface area (Å²) in [5, 5.41) is 11.2. The molecule has 0 saturated heterocycles. The number of anilines is 1. The van der Waals surface area contributed by atoms with Crippen LogP contribution in [0.3, 0.4) is 0 Å². The standard InChI is InChI=1S/C20H23N3O5/c1-5-27-15-8-6-14(7-9-15)19-22-23-20(28-19)21-12-13-10-16(24-2)18(26-4)17(11-13)25-3/h6-11H,5,12H2,1-4H3,(H,21,23). The number of hydrogen-bond acceptors (Lipinski definition) is 8. The molecule has 28 heavy (non-hydrogen) atoms. The molecule has 8 nitrogen and oxygen atoms in total. The first kappa shape index (κ1) is 19.3. The Labute approximate surface area is 163 Å². The van der Waals surface area contributed by atoms with Crippen molar-refractivity contribution in [1.82, 2.24) is 10.2 Å². The first-order valence-corrected chi connectivity index (χ1v) is 8.78. The van der Waals surface area contributed by atoms with Crippen molar-refractivity contribution in [2.75, 3.05) is 33.3 Å². The highest BCUT2D eigenvalue weighted by Gasteiger charge is 2.14. The number of nitrogens with zero attached hydrogens (tertiary/aromatic N) is 2. The van der Waals surface area contributed by atoms with Crippen molar-refractivity contribution >= 4 is 6.01 Å². The van der Waals surface area contributed by atoms with Crippen LogP contribution in [0.2, 0.25) is 0 Å². The van der Waals surface area contributed by atoms with Crippen LogP contribution in [0.25, 0.3) is 11.5 Å². The average molecular weight is 385 g/mol. The molecule has 1 aromatic heterocycles. The maximum atomic E-state index is 5.69. The van der Waals surface area contributed by atoms with Gasteiger partial charge in [0.15, 0.2) is 11.5 Å². The summed E-state index contributed by atoms with van der Waals surface area (Å²) in [7, 11) is 4.73. The second-order valence-corrected chi connectivity index (χ2v) is 5.76. The van der Waals surface area contributed by atoms with Crippen LogP contribution < -0.4 is 24.3 Å².